The van der Waals surface area contributed by atoms with Crippen LogP contribution in [0, 0.1) is 0 Å². The Morgan fingerprint density at radius 1 is 0.327 bits per heavy atom. The average molecular weight is 702 g/mol. The van der Waals surface area contributed by atoms with E-state index in [0.717, 1.165) is 55.3 Å². The monoisotopic (exact) mass is 701 g/mol. The van der Waals surface area contributed by atoms with E-state index in [1.54, 1.807) is 0 Å². The molecule has 55 heavy (non-hydrogen) atoms. The Morgan fingerprint density at radius 3 is 1.56 bits per heavy atom. The van der Waals surface area contributed by atoms with Crippen LogP contribution in [0.4, 0.5) is 0 Å². The topological polar surface area (TPSA) is 31.2 Å². The van der Waals surface area contributed by atoms with Gasteiger partial charge in [-0.05, 0) is 91.8 Å². The van der Waals surface area contributed by atoms with Crippen molar-refractivity contribution in [2.24, 2.45) is 0 Å². The Balaban J connectivity index is 1.08. The van der Waals surface area contributed by atoms with Gasteiger partial charge in [0.25, 0.3) is 0 Å². The Morgan fingerprint density at radius 2 is 0.873 bits per heavy atom. The van der Waals surface area contributed by atoms with Crippen LogP contribution in [0.25, 0.3) is 115 Å². The molecular weight excluding hydrogens is 671 g/mol. The van der Waals surface area contributed by atoms with Gasteiger partial charge in [0.15, 0.2) is 0 Å². The summed E-state index contributed by atoms with van der Waals surface area (Å²) in [5, 5.41) is 10.6. The first-order valence-corrected chi connectivity index (χ1v) is 18.7. The Hall–Kier alpha value is -7.36. The SMILES string of the molecule is c1ccc(-c2coc3cc4oc5cc(-c6c7ccccc7c(-c7ccc8c9ccccc9n(-c9ccccc9)c8c7)c7ccccc67)ccc5c4cc23)cc1. The number of rotatable bonds is 4. The van der Waals surface area contributed by atoms with Gasteiger partial charge in [0.1, 0.15) is 16.7 Å². The molecule has 0 amide bonds. The van der Waals surface area contributed by atoms with Crippen molar-refractivity contribution < 1.29 is 8.83 Å². The van der Waals surface area contributed by atoms with Crippen molar-refractivity contribution in [3.63, 3.8) is 0 Å². The summed E-state index contributed by atoms with van der Waals surface area (Å²) in [6.45, 7) is 0. The zero-order chi connectivity index (χ0) is 36.0. The fraction of sp³-hybridized carbons (Fsp3) is 0. The summed E-state index contributed by atoms with van der Waals surface area (Å²) in [6, 6.07) is 65.4. The third-order valence-corrected chi connectivity index (χ3v) is 11.4. The minimum absolute atomic E-state index is 0.820. The molecule has 0 fully saturated rings. The van der Waals surface area contributed by atoms with Crippen LogP contribution >= 0.6 is 0 Å². The highest BCUT2D eigenvalue weighted by atomic mass is 16.3. The maximum Gasteiger partial charge on any atom is 0.139 e. The molecule has 12 rings (SSSR count). The Labute approximate surface area is 315 Å². The van der Waals surface area contributed by atoms with Crippen LogP contribution in [0.5, 0.6) is 0 Å². The van der Waals surface area contributed by atoms with E-state index in [1.165, 1.54) is 60.0 Å². The molecule has 0 aliphatic heterocycles. The molecule has 0 bridgehead atoms. The minimum Gasteiger partial charge on any atom is -0.464 e. The summed E-state index contributed by atoms with van der Waals surface area (Å²) >= 11 is 0. The molecule has 12 aromatic rings. The third kappa shape index (κ3) is 4.44. The van der Waals surface area contributed by atoms with E-state index < -0.39 is 0 Å². The number of furan rings is 2. The van der Waals surface area contributed by atoms with Crippen LogP contribution in [0.3, 0.4) is 0 Å². The van der Waals surface area contributed by atoms with E-state index in [1.807, 2.05) is 18.4 Å². The molecule has 256 valence electrons. The normalized spacial score (nSPS) is 12.0. The molecule has 0 N–H and O–H groups in total. The predicted octanol–water partition coefficient (Wildman–Crippen LogP) is 14.7. The van der Waals surface area contributed by atoms with Crippen molar-refractivity contribution >= 4 is 76.3 Å². The second kappa shape index (κ2) is 11.6. The average Bonchev–Trinajstić information content (AvgIpc) is 3.93. The smallest absolute Gasteiger partial charge is 0.139 e. The van der Waals surface area contributed by atoms with Crippen LogP contribution in [-0.4, -0.2) is 4.57 Å². The first-order valence-electron chi connectivity index (χ1n) is 18.7. The van der Waals surface area contributed by atoms with E-state index in [-0.39, 0.29) is 0 Å². The number of nitrogens with zero attached hydrogens (tertiary/aromatic N) is 1. The fourth-order valence-corrected chi connectivity index (χ4v) is 9.03. The molecule has 3 heterocycles. The summed E-state index contributed by atoms with van der Waals surface area (Å²) in [5.41, 5.74) is 13.0. The van der Waals surface area contributed by atoms with E-state index >= 15 is 0 Å². The molecule has 3 nitrogen and oxygen atoms in total. The molecule has 3 aromatic heterocycles. The van der Waals surface area contributed by atoms with Gasteiger partial charge in [-0.15, -0.1) is 0 Å². The van der Waals surface area contributed by atoms with Gasteiger partial charge in [0.2, 0.25) is 0 Å². The summed E-state index contributed by atoms with van der Waals surface area (Å²) in [7, 11) is 0. The molecule has 0 radical (unpaired) electrons. The first-order chi connectivity index (χ1) is 27.3. The molecular formula is C52H31NO2. The second-order valence-corrected chi connectivity index (χ2v) is 14.4. The molecule has 3 heteroatoms. The van der Waals surface area contributed by atoms with E-state index in [0.29, 0.717) is 0 Å². The molecule has 0 saturated carbocycles. The number of para-hydroxylation sites is 2. The fourth-order valence-electron chi connectivity index (χ4n) is 9.03. The molecule has 0 atom stereocenters. The molecule has 0 aliphatic rings. The summed E-state index contributed by atoms with van der Waals surface area (Å²) in [5.74, 6) is 0. The summed E-state index contributed by atoms with van der Waals surface area (Å²) in [4.78, 5) is 0. The van der Waals surface area contributed by atoms with Crippen LogP contribution < -0.4 is 0 Å². The highest BCUT2D eigenvalue weighted by molar-refractivity contribution is 6.23. The lowest BCUT2D eigenvalue weighted by Crippen LogP contribution is -1.94. The largest absolute Gasteiger partial charge is 0.464 e. The van der Waals surface area contributed by atoms with Gasteiger partial charge in [0, 0.05) is 44.2 Å². The number of hydrogen-bond donors (Lipinski definition) is 0. The second-order valence-electron chi connectivity index (χ2n) is 14.4. The molecule has 9 aromatic carbocycles. The van der Waals surface area contributed by atoms with Crippen LogP contribution in [0.1, 0.15) is 0 Å². The standard InChI is InChI=1S/C52H31NO2/c1-3-13-32(14-4-1)45-31-54-48-30-50-43(29-44(45)48)38-26-24-34(28-49(38)55-50)52-41-20-9-7-18-39(41)51(40-19-8-10-21-42(40)52)33-23-25-37-36-17-11-12-22-46(36)53(47(37)27-33)35-15-5-2-6-16-35/h1-31H. The van der Waals surface area contributed by atoms with Crippen molar-refractivity contribution in [1.82, 2.24) is 4.57 Å². The van der Waals surface area contributed by atoms with Crippen molar-refractivity contribution in [2.75, 3.05) is 0 Å². The van der Waals surface area contributed by atoms with Crippen LogP contribution in [0.15, 0.2) is 197 Å². The highest BCUT2D eigenvalue weighted by Crippen LogP contribution is 2.46. The zero-order valence-electron chi connectivity index (χ0n) is 29.7. The minimum atomic E-state index is 0.820. The summed E-state index contributed by atoms with van der Waals surface area (Å²) < 4.78 is 15.1. The lowest BCUT2D eigenvalue weighted by atomic mass is 9.85. The van der Waals surface area contributed by atoms with Crippen molar-refractivity contribution in [3.05, 3.63) is 188 Å². The molecule has 0 spiro atoms. The summed E-state index contributed by atoms with van der Waals surface area (Å²) in [6.07, 6.45) is 1.85. The van der Waals surface area contributed by atoms with Gasteiger partial charge in [-0.25, -0.2) is 0 Å². The first kappa shape index (κ1) is 30.1. The number of aromatic nitrogens is 1. The number of benzene rings is 9. The zero-order valence-corrected chi connectivity index (χ0v) is 29.7. The molecule has 0 unspecified atom stereocenters. The maximum absolute atomic E-state index is 6.61. The predicted molar refractivity (Wildman–Crippen MR) is 229 cm³/mol. The van der Waals surface area contributed by atoms with Crippen molar-refractivity contribution in [1.29, 1.82) is 0 Å². The highest BCUT2D eigenvalue weighted by Gasteiger charge is 2.20. The van der Waals surface area contributed by atoms with Gasteiger partial charge in [-0.1, -0.05) is 133 Å². The van der Waals surface area contributed by atoms with Crippen LogP contribution in [0.2, 0.25) is 0 Å². The Kier molecular flexibility index (Phi) is 6.34. The third-order valence-electron chi connectivity index (χ3n) is 11.4. The number of hydrogen-bond acceptors (Lipinski definition) is 2. The van der Waals surface area contributed by atoms with Crippen LogP contribution in [-0.2, 0) is 0 Å². The molecule has 0 saturated heterocycles. The molecule has 0 aliphatic carbocycles. The van der Waals surface area contributed by atoms with Gasteiger partial charge < -0.3 is 13.4 Å². The van der Waals surface area contributed by atoms with E-state index in [2.05, 4.69) is 174 Å². The van der Waals surface area contributed by atoms with E-state index in [4.69, 9.17) is 8.83 Å². The Bertz CT molecular complexity index is 3420. The van der Waals surface area contributed by atoms with Gasteiger partial charge >= 0.3 is 0 Å². The lowest BCUT2D eigenvalue weighted by molar-refractivity contribution is 0.614. The van der Waals surface area contributed by atoms with Crippen molar-refractivity contribution in [2.45, 2.75) is 0 Å². The quantitative estimate of drug-likeness (QED) is 0.171. The van der Waals surface area contributed by atoms with Crippen molar-refractivity contribution in [3.8, 4) is 39.1 Å². The van der Waals surface area contributed by atoms with Gasteiger partial charge in [0.05, 0.1) is 17.3 Å². The van der Waals surface area contributed by atoms with Gasteiger partial charge in [-0.3, -0.25) is 0 Å². The lowest BCUT2D eigenvalue weighted by Gasteiger charge is -2.18. The number of fused-ring (bicyclic) bond motifs is 9. The van der Waals surface area contributed by atoms with E-state index in [9.17, 15) is 0 Å². The maximum atomic E-state index is 6.61. The van der Waals surface area contributed by atoms with Gasteiger partial charge in [-0.2, -0.15) is 0 Å².